The fraction of sp³-hybridized carbons (Fsp3) is 0.789. The van der Waals surface area contributed by atoms with Crippen molar-refractivity contribution in [3.05, 3.63) is 11.6 Å². The first-order valence-electron chi connectivity index (χ1n) is 9.03. The Morgan fingerprint density at radius 3 is 2.70 bits per heavy atom. The number of hydrogen-bond acceptors (Lipinski definition) is 4. The van der Waals surface area contributed by atoms with E-state index in [1.54, 1.807) is 0 Å². The summed E-state index contributed by atoms with van der Waals surface area (Å²) in [5.74, 6) is 1.46. The van der Waals surface area contributed by atoms with Gasteiger partial charge >= 0.3 is 0 Å². The number of rotatable bonds is 0. The Morgan fingerprint density at radius 2 is 1.96 bits per heavy atom. The first kappa shape index (κ1) is 15.4. The number of carbonyl (C=O) groups is 1. The maximum atomic E-state index is 11.8. The second-order valence-electron chi connectivity index (χ2n) is 8.66. The van der Waals surface area contributed by atoms with Gasteiger partial charge in [-0.3, -0.25) is 4.79 Å². The van der Waals surface area contributed by atoms with Gasteiger partial charge in [-0.1, -0.05) is 24.6 Å². The maximum Gasteiger partial charge on any atom is 0.155 e. The monoisotopic (exact) mass is 317 g/mol. The van der Waals surface area contributed by atoms with E-state index in [1.807, 2.05) is 6.08 Å². The zero-order chi connectivity index (χ0) is 16.4. The van der Waals surface area contributed by atoms with Gasteiger partial charge in [-0.2, -0.15) is 0 Å². The lowest BCUT2D eigenvalue weighted by Crippen LogP contribution is -2.56. The van der Waals surface area contributed by atoms with Crippen LogP contribution in [0.4, 0.5) is 0 Å². The molecule has 0 aromatic rings. The summed E-state index contributed by atoms with van der Waals surface area (Å²) in [5.41, 5.74) is 1.96. The summed E-state index contributed by atoms with van der Waals surface area (Å²) in [6.07, 6.45) is 7.62. The van der Waals surface area contributed by atoms with Crippen LogP contribution in [0.1, 0.15) is 58.8 Å². The summed E-state index contributed by atoms with van der Waals surface area (Å²) >= 11 is 0. The van der Waals surface area contributed by atoms with Crippen LogP contribution < -0.4 is 0 Å². The average Bonchev–Trinajstić information content (AvgIpc) is 2.83. The van der Waals surface area contributed by atoms with Gasteiger partial charge in [-0.25, -0.2) is 0 Å². The molecule has 3 unspecified atom stereocenters. The van der Waals surface area contributed by atoms with Crippen molar-refractivity contribution in [3.63, 3.8) is 0 Å². The Balaban J connectivity index is 1.75. The lowest BCUT2D eigenvalue weighted by Gasteiger charge is -2.58. The third-order valence-corrected chi connectivity index (χ3v) is 7.76. The normalized spacial score (nSPS) is 51.0. The summed E-state index contributed by atoms with van der Waals surface area (Å²) in [5, 5.41) is 24.0. The van der Waals surface area contributed by atoms with Gasteiger partial charge in [0.05, 0.1) is 11.8 Å². The third kappa shape index (κ3) is 1.93. The van der Waals surface area contributed by atoms with E-state index in [1.165, 1.54) is 5.57 Å². The van der Waals surface area contributed by atoms with E-state index in [0.29, 0.717) is 24.7 Å². The molecule has 6 atom stereocenters. The molecular formula is C19H27NO3. The molecule has 0 saturated heterocycles. The summed E-state index contributed by atoms with van der Waals surface area (Å²) in [6.45, 7) is 4.45. The molecule has 0 aliphatic heterocycles. The number of allylic oxidation sites excluding steroid dienone is 1. The minimum atomic E-state index is -0.377. The SMILES string of the molecule is C[C@]12CCC(=O)C=C1CCC1C2[C@@H](O)C[C@]2(C)/C(=N/O)CCC12. The van der Waals surface area contributed by atoms with Crippen LogP contribution in [-0.2, 0) is 4.79 Å². The van der Waals surface area contributed by atoms with E-state index in [9.17, 15) is 15.1 Å². The van der Waals surface area contributed by atoms with E-state index in [4.69, 9.17) is 0 Å². The number of fused-ring (bicyclic) bond motifs is 5. The molecule has 0 aromatic carbocycles. The molecule has 2 N–H and O–H groups in total. The number of ketones is 1. The molecule has 4 rings (SSSR count). The molecule has 0 bridgehead atoms. The quantitative estimate of drug-likeness (QED) is 0.532. The van der Waals surface area contributed by atoms with Crippen LogP contribution in [0.3, 0.4) is 0 Å². The molecule has 0 spiro atoms. The van der Waals surface area contributed by atoms with Gasteiger partial charge in [-0.15, -0.1) is 0 Å². The molecule has 0 heterocycles. The van der Waals surface area contributed by atoms with Crippen LogP contribution in [0.15, 0.2) is 16.8 Å². The van der Waals surface area contributed by atoms with Crippen molar-refractivity contribution in [1.29, 1.82) is 0 Å². The molecule has 0 aromatic heterocycles. The summed E-state index contributed by atoms with van der Waals surface area (Å²) in [6, 6.07) is 0. The van der Waals surface area contributed by atoms with Crippen LogP contribution in [0, 0.1) is 28.6 Å². The van der Waals surface area contributed by atoms with Crippen LogP contribution in [0.5, 0.6) is 0 Å². The molecule has 0 amide bonds. The average molecular weight is 317 g/mol. The fourth-order valence-electron chi connectivity index (χ4n) is 6.64. The largest absolute Gasteiger partial charge is 0.411 e. The van der Waals surface area contributed by atoms with Crippen LogP contribution >= 0.6 is 0 Å². The molecule has 4 nitrogen and oxygen atoms in total. The van der Waals surface area contributed by atoms with Gasteiger partial charge in [0, 0.05) is 11.8 Å². The number of aliphatic hydroxyl groups is 1. The molecule has 3 fully saturated rings. The standard InChI is InChI=1S/C19H27NO3/c1-18-8-7-12(21)9-11(18)3-4-13-14-5-6-16(20-23)19(14,2)10-15(22)17(13)18/h9,13-15,17,22-23H,3-8,10H2,1-2H3/b20-16+/t13?,14?,15-,17?,18-,19-/m0/s1. The second kappa shape index (κ2) is 4.92. The minimum Gasteiger partial charge on any atom is -0.411 e. The Kier molecular flexibility index (Phi) is 3.29. The van der Waals surface area contributed by atoms with Gasteiger partial charge in [-0.05, 0) is 67.8 Å². The lowest BCUT2D eigenvalue weighted by molar-refractivity contribution is -0.122. The van der Waals surface area contributed by atoms with E-state index in [2.05, 4.69) is 19.0 Å². The maximum absolute atomic E-state index is 11.8. The molecule has 4 aliphatic carbocycles. The fourth-order valence-corrected chi connectivity index (χ4v) is 6.64. The topological polar surface area (TPSA) is 69.9 Å². The zero-order valence-electron chi connectivity index (χ0n) is 14.1. The highest BCUT2D eigenvalue weighted by Crippen LogP contribution is 2.64. The van der Waals surface area contributed by atoms with Crippen LogP contribution in [0.2, 0.25) is 0 Å². The van der Waals surface area contributed by atoms with Crippen molar-refractivity contribution in [1.82, 2.24) is 0 Å². The molecule has 4 heteroatoms. The van der Waals surface area contributed by atoms with Crippen molar-refractivity contribution in [3.8, 4) is 0 Å². The molecule has 4 aliphatic rings. The molecule has 23 heavy (non-hydrogen) atoms. The molecule has 0 radical (unpaired) electrons. The summed E-state index contributed by atoms with van der Waals surface area (Å²) in [7, 11) is 0. The molecule has 3 saturated carbocycles. The molecule has 126 valence electrons. The predicted octanol–water partition coefficient (Wildman–Crippen LogP) is 3.32. The van der Waals surface area contributed by atoms with Gasteiger partial charge in [0.1, 0.15) is 0 Å². The van der Waals surface area contributed by atoms with Crippen molar-refractivity contribution < 1.29 is 15.1 Å². The minimum absolute atomic E-state index is 0.0311. The molecular weight excluding hydrogens is 290 g/mol. The van der Waals surface area contributed by atoms with Crippen molar-refractivity contribution in [2.75, 3.05) is 0 Å². The van der Waals surface area contributed by atoms with Crippen LogP contribution in [0.25, 0.3) is 0 Å². The Morgan fingerprint density at radius 1 is 1.17 bits per heavy atom. The number of carbonyl (C=O) groups excluding carboxylic acids is 1. The van der Waals surface area contributed by atoms with Crippen molar-refractivity contribution in [2.24, 2.45) is 33.7 Å². The zero-order valence-corrected chi connectivity index (χ0v) is 14.1. The number of hydrogen-bond donors (Lipinski definition) is 2. The Labute approximate surface area is 137 Å². The number of oxime groups is 1. The number of nitrogens with zero attached hydrogens (tertiary/aromatic N) is 1. The smallest absolute Gasteiger partial charge is 0.155 e. The Bertz CT molecular complexity index is 610. The Hall–Kier alpha value is -1.16. The van der Waals surface area contributed by atoms with Crippen molar-refractivity contribution >= 4 is 11.5 Å². The first-order valence-corrected chi connectivity index (χ1v) is 9.03. The van der Waals surface area contributed by atoms with Gasteiger partial charge in [0.15, 0.2) is 5.78 Å². The van der Waals surface area contributed by atoms with Gasteiger partial charge in [0.2, 0.25) is 0 Å². The second-order valence-corrected chi connectivity index (χ2v) is 8.66. The van der Waals surface area contributed by atoms with E-state index < -0.39 is 0 Å². The first-order chi connectivity index (χ1) is 10.9. The van der Waals surface area contributed by atoms with E-state index in [-0.39, 0.29) is 28.6 Å². The lowest BCUT2D eigenvalue weighted by atomic mass is 9.46. The highest BCUT2D eigenvalue weighted by molar-refractivity contribution is 5.92. The van der Waals surface area contributed by atoms with Gasteiger partial charge < -0.3 is 10.3 Å². The van der Waals surface area contributed by atoms with E-state index in [0.717, 1.165) is 37.8 Å². The van der Waals surface area contributed by atoms with Gasteiger partial charge in [0.25, 0.3) is 0 Å². The third-order valence-electron chi connectivity index (χ3n) is 7.76. The van der Waals surface area contributed by atoms with Crippen molar-refractivity contribution in [2.45, 2.75) is 64.9 Å². The van der Waals surface area contributed by atoms with E-state index >= 15 is 0 Å². The predicted molar refractivity (Wildman–Crippen MR) is 87.3 cm³/mol. The highest BCUT2D eigenvalue weighted by Gasteiger charge is 2.61. The number of aliphatic hydroxyl groups excluding tert-OH is 1. The summed E-state index contributed by atoms with van der Waals surface area (Å²) < 4.78 is 0. The highest BCUT2D eigenvalue weighted by atomic mass is 16.4. The summed E-state index contributed by atoms with van der Waals surface area (Å²) in [4.78, 5) is 11.8. The van der Waals surface area contributed by atoms with Crippen LogP contribution in [-0.4, -0.2) is 27.9 Å².